The summed E-state index contributed by atoms with van der Waals surface area (Å²) >= 11 is 5.61. The number of halogens is 5. The van der Waals surface area contributed by atoms with E-state index in [-0.39, 0.29) is 18.2 Å². The van der Waals surface area contributed by atoms with Gasteiger partial charge >= 0.3 is 6.09 Å². The lowest BCUT2D eigenvalue weighted by molar-refractivity contribution is -0.136. The van der Waals surface area contributed by atoms with E-state index in [1.54, 1.807) is 25.7 Å². The number of aromatic nitrogens is 4. The van der Waals surface area contributed by atoms with Gasteiger partial charge in [0, 0.05) is 32.4 Å². The first-order chi connectivity index (χ1) is 17.4. The fourth-order valence-electron chi connectivity index (χ4n) is 3.77. The molecular weight excluding hydrogens is 526 g/mol. The molecule has 16 heteroatoms. The summed E-state index contributed by atoms with van der Waals surface area (Å²) in [6.07, 6.45) is -5.45. The molecule has 0 saturated carbocycles. The smallest absolute Gasteiger partial charge is 0.409 e. The highest BCUT2D eigenvalue weighted by Gasteiger charge is 2.30. The zero-order chi connectivity index (χ0) is 27.4. The Hall–Kier alpha value is -3.36. The summed E-state index contributed by atoms with van der Waals surface area (Å²) in [5, 5.41) is 9.18. The highest BCUT2D eigenvalue weighted by molar-refractivity contribution is 6.32. The van der Waals surface area contributed by atoms with Crippen molar-refractivity contribution in [1.29, 1.82) is 0 Å². The number of hydrogen-bond donors (Lipinski definition) is 1. The summed E-state index contributed by atoms with van der Waals surface area (Å²) in [7, 11) is 0. The van der Waals surface area contributed by atoms with Gasteiger partial charge in [-0.05, 0) is 20.8 Å². The highest BCUT2D eigenvalue weighted by Crippen LogP contribution is 2.34. The third-order valence-corrected chi connectivity index (χ3v) is 6.11. The summed E-state index contributed by atoms with van der Waals surface area (Å²) in [5.74, 6) is -1.09. The van der Waals surface area contributed by atoms with Gasteiger partial charge in [0.1, 0.15) is 24.0 Å². The SMILES string of the molecule is CCOC(=O)N1CCN(C(=O)C(C)n2cc(NC(=O)Cn3nc(C(F)F)c(Cl)c3C(F)F)c(C)n2)CC1. The number of carbonyl (C=O) groups is 3. The predicted molar refractivity (Wildman–Crippen MR) is 123 cm³/mol. The summed E-state index contributed by atoms with van der Waals surface area (Å²) < 4.78 is 59.4. The summed E-state index contributed by atoms with van der Waals surface area (Å²) in [4.78, 5) is 40.4. The number of nitrogens with one attached hydrogen (secondary N) is 1. The maximum absolute atomic E-state index is 13.3. The molecule has 0 spiro atoms. The molecular formula is C21H26ClF4N7O4. The predicted octanol–water partition coefficient (Wildman–Crippen LogP) is 3.42. The van der Waals surface area contributed by atoms with Crippen LogP contribution in [0, 0.1) is 6.92 Å². The third-order valence-electron chi connectivity index (χ3n) is 5.73. The number of hydrogen-bond acceptors (Lipinski definition) is 6. The minimum atomic E-state index is -3.23. The number of anilines is 1. The Labute approximate surface area is 214 Å². The van der Waals surface area contributed by atoms with Crippen LogP contribution in [0.15, 0.2) is 6.20 Å². The van der Waals surface area contributed by atoms with Gasteiger partial charge in [0.25, 0.3) is 12.9 Å². The molecule has 11 nitrogen and oxygen atoms in total. The quantitative estimate of drug-likeness (QED) is 0.503. The topological polar surface area (TPSA) is 115 Å². The Morgan fingerprint density at radius 3 is 2.27 bits per heavy atom. The molecule has 1 unspecified atom stereocenters. The lowest BCUT2D eigenvalue weighted by atomic mass is 10.2. The molecule has 0 aromatic carbocycles. The zero-order valence-electron chi connectivity index (χ0n) is 20.3. The van der Waals surface area contributed by atoms with E-state index in [1.165, 1.54) is 15.8 Å². The van der Waals surface area contributed by atoms with Crippen LogP contribution in [0.3, 0.4) is 0 Å². The highest BCUT2D eigenvalue weighted by atomic mass is 35.5. The lowest BCUT2D eigenvalue weighted by Gasteiger charge is -2.35. The van der Waals surface area contributed by atoms with E-state index < -0.39 is 53.8 Å². The van der Waals surface area contributed by atoms with Crippen LogP contribution in [0.5, 0.6) is 0 Å². The van der Waals surface area contributed by atoms with Crippen LogP contribution >= 0.6 is 11.6 Å². The molecule has 0 aliphatic carbocycles. The van der Waals surface area contributed by atoms with Crippen LogP contribution in [0.4, 0.5) is 28.0 Å². The van der Waals surface area contributed by atoms with Crippen LogP contribution in [0.25, 0.3) is 0 Å². The third kappa shape index (κ3) is 6.32. The minimum absolute atomic E-state index is 0.197. The first-order valence-electron chi connectivity index (χ1n) is 11.3. The molecule has 3 amide bonds. The average molecular weight is 552 g/mol. The first-order valence-corrected chi connectivity index (χ1v) is 11.7. The van der Waals surface area contributed by atoms with Crippen molar-refractivity contribution in [3.05, 3.63) is 28.3 Å². The van der Waals surface area contributed by atoms with Gasteiger partial charge in [-0.15, -0.1) is 0 Å². The van der Waals surface area contributed by atoms with Crippen LogP contribution in [0.2, 0.25) is 5.02 Å². The number of nitrogens with zero attached hydrogens (tertiary/aromatic N) is 6. The Bertz CT molecular complexity index is 1150. The second kappa shape index (κ2) is 11.8. The zero-order valence-corrected chi connectivity index (χ0v) is 21.0. The van der Waals surface area contributed by atoms with E-state index in [4.69, 9.17) is 16.3 Å². The van der Waals surface area contributed by atoms with E-state index in [0.717, 1.165) is 0 Å². The number of aryl methyl sites for hydroxylation is 1. The largest absolute Gasteiger partial charge is 0.450 e. The molecule has 1 aliphatic rings. The molecule has 0 bridgehead atoms. The van der Waals surface area contributed by atoms with Crippen molar-refractivity contribution >= 4 is 35.2 Å². The maximum Gasteiger partial charge on any atom is 0.409 e. The molecule has 37 heavy (non-hydrogen) atoms. The molecule has 1 fully saturated rings. The molecule has 2 aromatic rings. The Morgan fingerprint density at radius 2 is 1.70 bits per heavy atom. The van der Waals surface area contributed by atoms with Crippen molar-refractivity contribution in [3.8, 4) is 0 Å². The second-order valence-electron chi connectivity index (χ2n) is 8.19. The normalized spacial score (nSPS) is 14.9. The average Bonchev–Trinajstić information content (AvgIpc) is 3.37. The van der Waals surface area contributed by atoms with E-state index in [9.17, 15) is 31.9 Å². The molecule has 3 heterocycles. The van der Waals surface area contributed by atoms with E-state index in [2.05, 4.69) is 15.5 Å². The van der Waals surface area contributed by atoms with E-state index >= 15 is 0 Å². The van der Waals surface area contributed by atoms with Gasteiger partial charge in [-0.1, -0.05) is 11.6 Å². The maximum atomic E-state index is 13.3. The Kier molecular flexibility index (Phi) is 8.99. The number of piperazine rings is 1. The van der Waals surface area contributed by atoms with Gasteiger partial charge in [0.05, 0.1) is 23.0 Å². The van der Waals surface area contributed by atoms with Crippen molar-refractivity contribution in [2.24, 2.45) is 0 Å². The fourth-order valence-corrected chi connectivity index (χ4v) is 4.07. The van der Waals surface area contributed by atoms with Gasteiger partial charge < -0.3 is 19.9 Å². The molecule has 204 valence electrons. The van der Waals surface area contributed by atoms with Crippen LogP contribution in [-0.2, 0) is 20.9 Å². The molecule has 2 aromatic heterocycles. The van der Waals surface area contributed by atoms with Crippen molar-refractivity contribution in [2.75, 3.05) is 38.1 Å². The van der Waals surface area contributed by atoms with Gasteiger partial charge in [-0.3, -0.25) is 19.0 Å². The second-order valence-corrected chi connectivity index (χ2v) is 8.57. The van der Waals surface area contributed by atoms with Gasteiger partial charge in [-0.25, -0.2) is 22.4 Å². The standard InChI is InChI=1S/C21H26ClF4N7O4/c1-4-37-21(36)31-7-5-30(6-8-31)20(35)12(3)32-9-13(11(2)28-32)27-14(34)10-33-17(19(25)26)15(22)16(29-33)18(23)24/h9,12,18-19H,4-8,10H2,1-3H3,(H,27,34). The number of alkyl halides is 4. The van der Waals surface area contributed by atoms with Crippen molar-refractivity contribution in [1.82, 2.24) is 29.4 Å². The van der Waals surface area contributed by atoms with E-state index in [1.807, 2.05) is 0 Å². The Morgan fingerprint density at radius 1 is 1.08 bits per heavy atom. The number of ether oxygens (including phenoxy) is 1. The number of rotatable bonds is 8. The molecule has 0 radical (unpaired) electrons. The summed E-state index contributed by atoms with van der Waals surface area (Å²) in [6.45, 7) is 5.61. The van der Waals surface area contributed by atoms with Crippen molar-refractivity contribution < 1.29 is 36.7 Å². The van der Waals surface area contributed by atoms with Gasteiger partial charge in [-0.2, -0.15) is 10.2 Å². The van der Waals surface area contributed by atoms with Crippen molar-refractivity contribution in [2.45, 2.75) is 46.2 Å². The number of amides is 3. The molecule has 1 atom stereocenters. The van der Waals surface area contributed by atoms with Gasteiger partial charge in [0.2, 0.25) is 11.8 Å². The van der Waals surface area contributed by atoms with Gasteiger partial charge in [0.15, 0.2) is 0 Å². The molecule has 1 N–H and O–H groups in total. The van der Waals surface area contributed by atoms with Crippen molar-refractivity contribution in [3.63, 3.8) is 0 Å². The summed E-state index contributed by atoms with van der Waals surface area (Å²) in [6, 6.07) is -0.748. The lowest BCUT2D eigenvalue weighted by Crippen LogP contribution is -2.52. The summed E-state index contributed by atoms with van der Waals surface area (Å²) in [5.41, 5.74) is -1.49. The molecule has 3 rings (SSSR count). The molecule has 1 saturated heterocycles. The van der Waals surface area contributed by atoms with Crippen LogP contribution in [-0.4, -0.2) is 80.1 Å². The number of carbonyl (C=O) groups excluding carboxylic acids is 3. The van der Waals surface area contributed by atoms with E-state index in [0.29, 0.717) is 36.6 Å². The monoisotopic (exact) mass is 551 g/mol. The van der Waals surface area contributed by atoms with Crippen LogP contribution < -0.4 is 5.32 Å². The van der Waals surface area contributed by atoms with Crippen LogP contribution in [0.1, 0.15) is 49.8 Å². The first kappa shape index (κ1) is 28.2. The Balaban J connectivity index is 1.65. The fraction of sp³-hybridized carbons (Fsp3) is 0.571. The molecule has 1 aliphatic heterocycles. The minimum Gasteiger partial charge on any atom is -0.450 e.